The maximum absolute atomic E-state index is 11.7. The molecule has 1 rings (SSSR count). The van der Waals surface area contributed by atoms with Crippen LogP contribution in [0.2, 0.25) is 0 Å². The molecule has 0 spiro atoms. The molecule has 0 fully saturated rings. The van der Waals surface area contributed by atoms with Crippen LogP contribution in [0.15, 0.2) is 22.7 Å². The van der Waals surface area contributed by atoms with E-state index in [0.29, 0.717) is 19.4 Å². The first kappa shape index (κ1) is 18.5. The molecule has 0 atom stereocenters. The van der Waals surface area contributed by atoms with Gasteiger partial charge < -0.3 is 14.8 Å². The van der Waals surface area contributed by atoms with Gasteiger partial charge in [0.1, 0.15) is 5.75 Å². The van der Waals surface area contributed by atoms with E-state index in [4.69, 9.17) is 9.47 Å². The zero-order chi connectivity index (χ0) is 16.5. The lowest BCUT2D eigenvalue weighted by Gasteiger charge is -2.09. The molecule has 22 heavy (non-hydrogen) atoms. The van der Waals surface area contributed by atoms with E-state index in [1.807, 2.05) is 18.2 Å². The number of amides is 1. The van der Waals surface area contributed by atoms with Gasteiger partial charge in [0.15, 0.2) is 0 Å². The Bertz CT molecular complexity index is 517. The Balaban J connectivity index is 2.28. The number of benzene rings is 1. The maximum atomic E-state index is 11.7. The summed E-state index contributed by atoms with van der Waals surface area (Å²) in [5.74, 6) is 0.385. The summed E-state index contributed by atoms with van der Waals surface area (Å²) in [6, 6.07) is 5.72. The molecular weight excluding hydrogens is 350 g/mol. The molecule has 0 aromatic heterocycles. The third kappa shape index (κ3) is 6.93. The molecule has 0 radical (unpaired) electrons. The fraction of sp³-hybridized carbons (Fsp3) is 0.500. The largest absolute Gasteiger partial charge is 0.496 e. The number of carbonyl (C=O) groups is 2. The average molecular weight is 372 g/mol. The number of hydrogen-bond acceptors (Lipinski definition) is 4. The number of hydrogen-bond donors (Lipinski definition) is 1. The van der Waals surface area contributed by atoms with Crippen LogP contribution in [0.25, 0.3) is 0 Å². The summed E-state index contributed by atoms with van der Waals surface area (Å²) in [6.45, 7) is 3.89. The monoisotopic (exact) mass is 371 g/mol. The fourth-order valence-electron chi connectivity index (χ4n) is 1.84. The second-order valence-electron chi connectivity index (χ2n) is 5.11. The number of methoxy groups -OCH3 is 1. The Morgan fingerprint density at radius 2 is 2.00 bits per heavy atom. The number of nitrogens with one attached hydrogen (secondary N) is 1. The number of halogens is 1. The summed E-state index contributed by atoms with van der Waals surface area (Å²) in [5.41, 5.74) is 1.04. The Morgan fingerprint density at radius 1 is 1.27 bits per heavy atom. The first-order valence-electron chi connectivity index (χ1n) is 7.21. The van der Waals surface area contributed by atoms with Gasteiger partial charge in [-0.25, -0.2) is 0 Å². The van der Waals surface area contributed by atoms with Crippen LogP contribution in [-0.4, -0.2) is 31.6 Å². The van der Waals surface area contributed by atoms with Crippen LogP contribution in [0, 0.1) is 0 Å². The van der Waals surface area contributed by atoms with Crippen molar-refractivity contribution in [2.75, 3.05) is 13.7 Å². The van der Waals surface area contributed by atoms with E-state index < -0.39 is 0 Å². The van der Waals surface area contributed by atoms with Gasteiger partial charge in [-0.2, -0.15) is 0 Å². The number of rotatable bonds is 8. The van der Waals surface area contributed by atoms with Gasteiger partial charge in [-0.1, -0.05) is 6.07 Å². The summed E-state index contributed by atoms with van der Waals surface area (Å²) in [4.78, 5) is 23.1. The Morgan fingerprint density at radius 3 is 2.59 bits per heavy atom. The zero-order valence-corrected chi connectivity index (χ0v) is 14.7. The van der Waals surface area contributed by atoms with E-state index in [2.05, 4.69) is 21.2 Å². The van der Waals surface area contributed by atoms with Crippen molar-refractivity contribution in [3.63, 3.8) is 0 Å². The van der Waals surface area contributed by atoms with Crippen molar-refractivity contribution < 1.29 is 19.1 Å². The number of esters is 1. The third-order valence-electron chi connectivity index (χ3n) is 2.88. The van der Waals surface area contributed by atoms with E-state index in [0.717, 1.165) is 15.8 Å². The minimum Gasteiger partial charge on any atom is -0.496 e. The lowest BCUT2D eigenvalue weighted by atomic mass is 10.1. The van der Waals surface area contributed by atoms with Gasteiger partial charge >= 0.3 is 5.97 Å². The van der Waals surface area contributed by atoms with Crippen molar-refractivity contribution in [1.82, 2.24) is 5.32 Å². The van der Waals surface area contributed by atoms with E-state index in [9.17, 15) is 9.59 Å². The molecule has 5 nitrogen and oxygen atoms in total. The minimum atomic E-state index is -0.297. The molecule has 0 aliphatic carbocycles. The van der Waals surface area contributed by atoms with Gasteiger partial charge in [-0.15, -0.1) is 0 Å². The van der Waals surface area contributed by atoms with E-state index in [-0.39, 0.29) is 24.4 Å². The summed E-state index contributed by atoms with van der Waals surface area (Å²) in [5, 5.41) is 2.72. The minimum absolute atomic E-state index is 0.0794. The maximum Gasteiger partial charge on any atom is 0.307 e. The molecule has 0 saturated heterocycles. The highest BCUT2D eigenvalue weighted by atomic mass is 79.9. The van der Waals surface area contributed by atoms with Crippen molar-refractivity contribution in [2.45, 2.75) is 39.2 Å². The summed E-state index contributed by atoms with van der Waals surface area (Å²) < 4.78 is 11.0. The quantitative estimate of drug-likeness (QED) is 0.713. The molecule has 1 aromatic rings. The zero-order valence-electron chi connectivity index (χ0n) is 13.1. The number of carbonyl (C=O) groups excluding carboxylic acids is 2. The molecule has 1 N–H and O–H groups in total. The van der Waals surface area contributed by atoms with E-state index in [1.54, 1.807) is 21.0 Å². The van der Waals surface area contributed by atoms with E-state index in [1.165, 1.54) is 0 Å². The highest BCUT2D eigenvalue weighted by Gasteiger charge is 2.08. The van der Waals surface area contributed by atoms with Crippen molar-refractivity contribution in [3.05, 3.63) is 28.2 Å². The van der Waals surface area contributed by atoms with Crippen LogP contribution in [0.3, 0.4) is 0 Å². The molecular formula is C16H22BrNO4. The molecule has 0 saturated carbocycles. The molecule has 0 aliphatic heterocycles. The number of ether oxygens (including phenoxy) is 2. The van der Waals surface area contributed by atoms with Crippen LogP contribution in [0.4, 0.5) is 0 Å². The van der Waals surface area contributed by atoms with Gasteiger partial charge in [0.2, 0.25) is 5.91 Å². The summed E-state index contributed by atoms with van der Waals surface area (Å²) in [6.07, 6.45) is 1.07. The molecule has 1 aromatic carbocycles. The molecule has 122 valence electrons. The summed E-state index contributed by atoms with van der Waals surface area (Å²) in [7, 11) is 1.61. The molecule has 0 unspecified atom stereocenters. The highest BCUT2D eigenvalue weighted by Crippen LogP contribution is 2.25. The summed E-state index contributed by atoms with van der Waals surface area (Å²) >= 11 is 3.41. The van der Waals surface area contributed by atoms with Gasteiger partial charge in [0.25, 0.3) is 0 Å². The predicted molar refractivity (Wildman–Crippen MR) is 87.9 cm³/mol. The average Bonchev–Trinajstić information content (AvgIpc) is 2.44. The van der Waals surface area contributed by atoms with Crippen LogP contribution >= 0.6 is 15.9 Å². The smallest absolute Gasteiger partial charge is 0.307 e. The first-order valence-corrected chi connectivity index (χ1v) is 8.00. The van der Waals surface area contributed by atoms with Crippen molar-refractivity contribution in [2.24, 2.45) is 0 Å². The van der Waals surface area contributed by atoms with Crippen LogP contribution in [-0.2, 0) is 20.7 Å². The van der Waals surface area contributed by atoms with Crippen LogP contribution < -0.4 is 10.1 Å². The first-order chi connectivity index (χ1) is 10.4. The van der Waals surface area contributed by atoms with Gasteiger partial charge in [0.05, 0.1) is 24.1 Å². The predicted octanol–water partition coefficient (Wildman–Crippen LogP) is 2.85. The normalized spacial score (nSPS) is 10.4. The molecule has 6 heteroatoms. The SMILES string of the molecule is COc1ccc(CCC(=O)NCCC(=O)OC(C)C)cc1Br. The second kappa shape index (κ2) is 9.46. The third-order valence-corrected chi connectivity index (χ3v) is 3.50. The lowest BCUT2D eigenvalue weighted by molar-refractivity contribution is -0.147. The van der Waals surface area contributed by atoms with Crippen molar-refractivity contribution in [1.29, 1.82) is 0 Å². The van der Waals surface area contributed by atoms with Crippen molar-refractivity contribution >= 4 is 27.8 Å². The second-order valence-corrected chi connectivity index (χ2v) is 5.96. The highest BCUT2D eigenvalue weighted by molar-refractivity contribution is 9.10. The van der Waals surface area contributed by atoms with Crippen LogP contribution in [0.1, 0.15) is 32.3 Å². The molecule has 0 bridgehead atoms. The standard InChI is InChI=1S/C16H22BrNO4/c1-11(2)22-16(20)8-9-18-15(19)7-5-12-4-6-14(21-3)13(17)10-12/h4,6,10-11H,5,7-9H2,1-3H3,(H,18,19). The van der Waals surface area contributed by atoms with Crippen molar-refractivity contribution in [3.8, 4) is 5.75 Å². The van der Waals surface area contributed by atoms with Gasteiger partial charge in [0, 0.05) is 13.0 Å². The van der Waals surface area contributed by atoms with Gasteiger partial charge in [-0.05, 0) is 53.9 Å². The fourth-order valence-corrected chi connectivity index (χ4v) is 2.43. The Hall–Kier alpha value is -1.56. The Labute approximate surface area is 139 Å². The lowest BCUT2D eigenvalue weighted by Crippen LogP contribution is -2.27. The Kier molecular flexibility index (Phi) is 7.95. The van der Waals surface area contributed by atoms with Crippen LogP contribution in [0.5, 0.6) is 5.75 Å². The molecule has 0 heterocycles. The van der Waals surface area contributed by atoms with Gasteiger partial charge in [-0.3, -0.25) is 9.59 Å². The molecule has 0 aliphatic rings. The topological polar surface area (TPSA) is 64.6 Å². The number of aryl methyl sites for hydroxylation is 1. The van der Waals surface area contributed by atoms with E-state index >= 15 is 0 Å². The molecule has 1 amide bonds.